The quantitative estimate of drug-likeness (QED) is 0.811. The van der Waals surface area contributed by atoms with E-state index in [1.807, 2.05) is 6.92 Å². The summed E-state index contributed by atoms with van der Waals surface area (Å²) in [6.45, 7) is 2.55. The molecular formula is C19H22N2O4. The van der Waals surface area contributed by atoms with Gasteiger partial charge in [-0.25, -0.2) is 0 Å². The third-order valence-corrected chi connectivity index (χ3v) is 3.57. The van der Waals surface area contributed by atoms with Gasteiger partial charge in [0.1, 0.15) is 11.5 Å². The van der Waals surface area contributed by atoms with E-state index in [9.17, 15) is 9.59 Å². The number of para-hydroxylation sites is 1. The number of rotatable bonds is 7. The van der Waals surface area contributed by atoms with Gasteiger partial charge in [0.15, 0.2) is 0 Å². The summed E-state index contributed by atoms with van der Waals surface area (Å²) in [7, 11) is 3.04. The standard InChI is InChI=1S/C19H22N2O4/c1-4-9-20-19(23)16-7-5-6-8-17(16)21-18(22)13-10-14(24-2)12-15(11-13)25-3/h5-8,10-12H,4,9H2,1-3H3,(H,20,23)(H,21,22). The summed E-state index contributed by atoms with van der Waals surface area (Å²) in [5.74, 6) is 0.450. The molecule has 2 N–H and O–H groups in total. The van der Waals surface area contributed by atoms with Crippen molar-refractivity contribution in [1.82, 2.24) is 5.32 Å². The molecule has 2 amide bonds. The minimum atomic E-state index is -0.354. The lowest BCUT2D eigenvalue weighted by molar-refractivity contribution is 0.0954. The summed E-state index contributed by atoms with van der Waals surface area (Å²) in [6, 6.07) is 11.8. The van der Waals surface area contributed by atoms with Crippen LogP contribution in [0.5, 0.6) is 11.5 Å². The largest absolute Gasteiger partial charge is 0.497 e. The summed E-state index contributed by atoms with van der Waals surface area (Å²) in [5.41, 5.74) is 1.24. The van der Waals surface area contributed by atoms with E-state index in [2.05, 4.69) is 10.6 Å². The zero-order chi connectivity index (χ0) is 18.2. The maximum absolute atomic E-state index is 12.6. The van der Waals surface area contributed by atoms with Crippen LogP contribution in [0.25, 0.3) is 0 Å². The molecule has 2 aromatic rings. The van der Waals surface area contributed by atoms with Gasteiger partial charge in [0.05, 0.1) is 25.5 Å². The van der Waals surface area contributed by atoms with E-state index in [0.29, 0.717) is 34.9 Å². The van der Waals surface area contributed by atoms with Crippen molar-refractivity contribution < 1.29 is 19.1 Å². The Morgan fingerprint density at radius 3 is 2.20 bits per heavy atom. The van der Waals surface area contributed by atoms with Gasteiger partial charge in [-0.2, -0.15) is 0 Å². The number of ether oxygens (including phenoxy) is 2. The highest BCUT2D eigenvalue weighted by Crippen LogP contribution is 2.24. The average Bonchev–Trinajstić information content (AvgIpc) is 2.65. The number of amides is 2. The first-order valence-electron chi connectivity index (χ1n) is 8.00. The summed E-state index contributed by atoms with van der Waals surface area (Å²) in [4.78, 5) is 24.8. The van der Waals surface area contributed by atoms with E-state index in [-0.39, 0.29) is 11.8 Å². The van der Waals surface area contributed by atoms with Crippen molar-refractivity contribution in [3.05, 3.63) is 53.6 Å². The normalized spacial score (nSPS) is 10.0. The fraction of sp³-hybridized carbons (Fsp3) is 0.263. The van der Waals surface area contributed by atoms with Gasteiger partial charge >= 0.3 is 0 Å². The van der Waals surface area contributed by atoms with E-state index < -0.39 is 0 Å². The second-order valence-electron chi connectivity index (χ2n) is 5.36. The molecule has 0 heterocycles. The molecule has 0 atom stereocenters. The van der Waals surface area contributed by atoms with Gasteiger partial charge in [-0.05, 0) is 30.7 Å². The van der Waals surface area contributed by atoms with Crippen LogP contribution in [0.4, 0.5) is 5.69 Å². The second-order valence-corrected chi connectivity index (χ2v) is 5.36. The van der Waals surface area contributed by atoms with Crippen molar-refractivity contribution in [3.63, 3.8) is 0 Å². The van der Waals surface area contributed by atoms with Crippen LogP contribution in [0.3, 0.4) is 0 Å². The first-order valence-corrected chi connectivity index (χ1v) is 8.00. The van der Waals surface area contributed by atoms with E-state index >= 15 is 0 Å². The number of hydrogen-bond donors (Lipinski definition) is 2. The molecule has 0 aliphatic carbocycles. The minimum absolute atomic E-state index is 0.221. The Kier molecular flexibility index (Phi) is 6.39. The molecule has 0 spiro atoms. The molecule has 0 fully saturated rings. The lowest BCUT2D eigenvalue weighted by Gasteiger charge is -2.12. The van der Waals surface area contributed by atoms with Gasteiger partial charge in [0.25, 0.3) is 11.8 Å². The Morgan fingerprint density at radius 2 is 1.60 bits per heavy atom. The van der Waals surface area contributed by atoms with Gasteiger partial charge in [0.2, 0.25) is 0 Å². The number of anilines is 1. The Hall–Kier alpha value is -3.02. The van der Waals surface area contributed by atoms with Crippen LogP contribution in [0.15, 0.2) is 42.5 Å². The number of benzene rings is 2. The highest BCUT2D eigenvalue weighted by Gasteiger charge is 2.15. The number of nitrogens with one attached hydrogen (secondary N) is 2. The Morgan fingerprint density at radius 1 is 0.960 bits per heavy atom. The Bertz CT molecular complexity index is 737. The van der Waals surface area contributed by atoms with Crippen LogP contribution in [0.2, 0.25) is 0 Å². The molecule has 6 nitrogen and oxygen atoms in total. The van der Waals surface area contributed by atoms with Crippen molar-refractivity contribution in [2.75, 3.05) is 26.1 Å². The van der Waals surface area contributed by atoms with Crippen LogP contribution < -0.4 is 20.1 Å². The van der Waals surface area contributed by atoms with Crippen molar-refractivity contribution in [2.24, 2.45) is 0 Å². The fourth-order valence-electron chi connectivity index (χ4n) is 2.26. The molecule has 2 aromatic carbocycles. The molecule has 132 valence electrons. The van der Waals surface area contributed by atoms with E-state index in [0.717, 1.165) is 6.42 Å². The zero-order valence-electron chi connectivity index (χ0n) is 14.6. The SMILES string of the molecule is CCCNC(=O)c1ccccc1NC(=O)c1cc(OC)cc(OC)c1. The maximum atomic E-state index is 12.6. The van der Waals surface area contributed by atoms with Crippen LogP contribution in [0, 0.1) is 0 Å². The van der Waals surface area contributed by atoms with Gasteiger partial charge in [-0.3, -0.25) is 9.59 Å². The van der Waals surface area contributed by atoms with Crippen LogP contribution >= 0.6 is 0 Å². The van der Waals surface area contributed by atoms with Crippen molar-refractivity contribution in [1.29, 1.82) is 0 Å². The van der Waals surface area contributed by atoms with E-state index in [4.69, 9.17) is 9.47 Å². The maximum Gasteiger partial charge on any atom is 0.255 e. The molecule has 0 aliphatic heterocycles. The highest BCUT2D eigenvalue weighted by atomic mass is 16.5. The van der Waals surface area contributed by atoms with Gasteiger partial charge in [-0.15, -0.1) is 0 Å². The Balaban J connectivity index is 2.25. The predicted octanol–water partition coefficient (Wildman–Crippen LogP) is 3.10. The molecule has 6 heteroatoms. The van der Waals surface area contributed by atoms with Crippen LogP contribution in [-0.2, 0) is 0 Å². The minimum Gasteiger partial charge on any atom is -0.497 e. The number of carbonyl (C=O) groups is 2. The van der Waals surface area contributed by atoms with Crippen molar-refractivity contribution in [2.45, 2.75) is 13.3 Å². The first-order chi connectivity index (χ1) is 12.1. The molecule has 0 aromatic heterocycles. The molecule has 0 saturated heterocycles. The molecule has 0 saturated carbocycles. The summed E-state index contributed by atoms with van der Waals surface area (Å²) in [5, 5.41) is 5.58. The molecular weight excluding hydrogens is 320 g/mol. The molecule has 0 aliphatic rings. The smallest absolute Gasteiger partial charge is 0.255 e. The van der Waals surface area contributed by atoms with Crippen molar-refractivity contribution in [3.8, 4) is 11.5 Å². The second kappa shape index (κ2) is 8.73. The predicted molar refractivity (Wildman–Crippen MR) is 96.6 cm³/mol. The van der Waals surface area contributed by atoms with Gasteiger partial charge in [0, 0.05) is 18.2 Å². The lowest BCUT2D eigenvalue weighted by atomic mass is 10.1. The van der Waals surface area contributed by atoms with Crippen molar-refractivity contribution >= 4 is 17.5 Å². The summed E-state index contributed by atoms with van der Waals surface area (Å²) >= 11 is 0. The summed E-state index contributed by atoms with van der Waals surface area (Å²) in [6.07, 6.45) is 0.837. The first kappa shape index (κ1) is 18.3. The third kappa shape index (κ3) is 4.73. The van der Waals surface area contributed by atoms with E-state index in [1.54, 1.807) is 42.5 Å². The van der Waals surface area contributed by atoms with Crippen LogP contribution in [-0.4, -0.2) is 32.6 Å². The summed E-state index contributed by atoms with van der Waals surface area (Å²) < 4.78 is 10.4. The number of methoxy groups -OCH3 is 2. The number of carbonyl (C=O) groups excluding carboxylic acids is 2. The molecule has 0 bridgehead atoms. The molecule has 0 unspecified atom stereocenters. The topological polar surface area (TPSA) is 76.7 Å². The van der Waals surface area contributed by atoms with E-state index in [1.165, 1.54) is 14.2 Å². The fourth-order valence-corrected chi connectivity index (χ4v) is 2.26. The Labute approximate surface area is 147 Å². The molecule has 2 rings (SSSR count). The van der Waals surface area contributed by atoms with Gasteiger partial charge < -0.3 is 20.1 Å². The molecule has 25 heavy (non-hydrogen) atoms. The monoisotopic (exact) mass is 342 g/mol. The average molecular weight is 342 g/mol. The zero-order valence-corrected chi connectivity index (χ0v) is 14.6. The van der Waals surface area contributed by atoms with Crippen LogP contribution in [0.1, 0.15) is 34.1 Å². The highest BCUT2D eigenvalue weighted by molar-refractivity contribution is 6.09. The lowest BCUT2D eigenvalue weighted by Crippen LogP contribution is -2.25. The van der Waals surface area contributed by atoms with Gasteiger partial charge in [-0.1, -0.05) is 19.1 Å². The molecule has 0 radical (unpaired) electrons. The number of hydrogen-bond acceptors (Lipinski definition) is 4. The third-order valence-electron chi connectivity index (χ3n) is 3.57.